The van der Waals surface area contributed by atoms with Gasteiger partial charge in [-0.25, -0.2) is 24.0 Å². The van der Waals surface area contributed by atoms with Gasteiger partial charge in [0.15, 0.2) is 12.2 Å². The lowest BCUT2D eigenvalue weighted by molar-refractivity contribution is -0.440. The van der Waals surface area contributed by atoms with Crippen LogP contribution in [0.15, 0.2) is 176 Å². The fraction of sp³-hybridized carbons (Fsp3) is 0.552. The Morgan fingerprint density at radius 1 is 0.490 bits per heavy atom. The van der Waals surface area contributed by atoms with Crippen LogP contribution in [0.5, 0.6) is 23.0 Å². The molecule has 0 spiro atoms. The number of aliphatic hydroxyl groups excluding tert-OH is 1. The van der Waals surface area contributed by atoms with E-state index in [1.54, 1.807) is 59.7 Å². The first kappa shape index (κ1) is 127. The number of non-ortho nitro benzene ring substituents is 1. The monoisotopic (exact) mass is 2180 g/mol. The highest BCUT2D eigenvalue weighted by Gasteiger charge is 2.53. The van der Waals surface area contributed by atoms with E-state index in [9.17, 15) is 106 Å². The summed E-state index contributed by atoms with van der Waals surface area (Å²) in [6.07, 6.45) is -1.78. The highest BCUT2D eigenvalue weighted by molar-refractivity contribution is 8.12. The number of hydrogen-bond donors (Lipinski definition) is 5. The molecule has 5 heterocycles. The minimum atomic E-state index is -5.99. The van der Waals surface area contributed by atoms with E-state index in [1.807, 2.05) is 116 Å². The lowest BCUT2D eigenvalue weighted by atomic mass is 9.68. The number of halogens is 9. The van der Waals surface area contributed by atoms with Gasteiger partial charge in [0.1, 0.15) is 39.8 Å². The summed E-state index contributed by atoms with van der Waals surface area (Å²) in [6.45, 7) is 51.6. The van der Waals surface area contributed by atoms with Gasteiger partial charge in [0.25, 0.3) is 5.69 Å². The number of amides is 3. The molecule has 5 N–H and O–H groups in total. The van der Waals surface area contributed by atoms with Crippen molar-refractivity contribution in [2.45, 2.75) is 257 Å². The van der Waals surface area contributed by atoms with Crippen molar-refractivity contribution in [3.63, 3.8) is 0 Å². The average Bonchev–Trinajstić information content (AvgIpc) is 0.793. The van der Waals surface area contributed by atoms with Gasteiger partial charge in [-0.3, -0.25) is 10.1 Å². The third-order valence-corrected chi connectivity index (χ3v) is 32.3. The first-order valence-corrected chi connectivity index (χ1v) is 55.8. The van der Waals surface area contributed by atoms with Crippen molar-refractivity contribution >= 4 is 82.0 Å². The Hall–Kier alpha value is -10.7. The summed E-state index contributed by atoms with van der Waals surface area (Å²) in [7, 11) is -10.1. The van der Waals surface area contributed by atoms with Crippen LogP contribution in [0.2, 0.25) is 25.7 Å². The molecule has 3 amide bonds. The standard InChI is InChI=1S/C20H29NO4.C19H26F3NO5S.C18H27NO3.C15H21NO2.C13H19NO.C12H19NO5Si.C8H5F6NO4S2/c1-14-13-21(18(23)25-19(2,3)4)11-10-20(14,5)16-9-7-8-15(12-16)17(22)24-6;1-13-12-23(16(24)27-17(2,3)4)10-9-18(13,5)14-7-6-8-15(11-14)28-29(25,26)19(20,21)22;1-13-12-19(16(21)22-17(2,3)4)10-9-18(13,5)14-7-6-8-15(20)11-14;1-11-10-16-8-7-15(11,2)13-6-4-5-12(9-13)14(17)18-3;1-10-9-14-7-6-13(10,2)11-4-3-5-12(15)8-11;1-19(2,3)9-8-17-12(14)18-11-6-4-10(5-7-11)13(15)16;9-7(10,11)18-19-20-15(6-4-2-1-3-5-6)21(16,17)8(12,13)14/h7-9,12,14H,10-11,13H2,1-6H3;6-8,11,13H,9-10,12H2,1-5H3;6-8,11,13,20H,9-10,12H2,1-5H3;4-6,9,11,16H,7-8,10H2,1-3H3;3-5,8,10,14-15H,6-7,9H2,1-2H3;4-7,12,14H,8-9H2,1-3H3;1-5H/t14-,20+;2*13-,18+;11-,15+;10-,13+;;/m00000../s1. The zero-order valence-electron chi connectivity index (χ0n) is 89.0. The van der Waals surface area contributed by atoms with E-state index in [0.717, 1.165) is 87.2 Å². The van der Waals surface area contributed by atoms with Gasteiger partial charge in [0, 0.05) is 59.5 Å². The molecule has 5 saturated heterocycles. The van der Waals surface area contributed by atoms with E-state index in [2.05, 4.69) is 117 Å². The van der Waals surface area contributed by atoms with Gasteiger partial charge in [-0.1, -0.05) is 168 Å². The minimum Gasteiger partial charge on any atom is -0.508 e. The predicted octanol–water partition coefficient (Wildman–Crippen LogP) is 23.0. The van der Waals surface area contributed by atoms with E-state index < -0.39 is 113 Å². The molecule has 0 aromatic heterocycles. The number of sulfonamides is 1. The third kappa shape index (κ3) is 38.0. The largest absolute Gasteiger partial charge is 0.550 e. The Labute approximate surface area is 874 Å². The van der Waals surface area contributed by atoms with Gasteiger partial charge in [-0.05, 0) is 296 Å². The highest BCUT2D eigenvalue weighted by atomic mass is 32.3. The van der Waals surface area contributed by atoms with Crippen molar-refractivity contribution in [1.82, 2.24) is 25.3 Å². The van der Waals surface area contributed by atoms with E-state index >= 15 is 0 Å². The van der Waals surface area contributed by atoms with Gasteiger partial charge in [-0.2, -0.15) is 46.9 Å². The number of aliphatic hydroxyl groups is 1. The molecule has 11 atom stereocenters. The van der Waals surface area contributed by atoms with Crippen LogP contribution in [0, 0.1) is 39.7 Å². The number of carbonyl (C=O) groups excluding carboxylic acids is 5. The van der Waals surface area contributed by atoms with Gasteiger partial charge in [-0.15, -0.1) is 22.4 Å². The van der Waals surface area contributed by atoms with Gasteiger partial charge in [0.05, 0.1) is 42.6 Å². The summed E-state index contributed by atoms with van der Waals surface area (Å²) in [5, 5.41) is 46.1. The maximum atomic E-state index is 12.6. The first-order valence-electron chi connectivity index (χ1n) is 48.6. The SMILES string of the molecule is COC(=O)c1cccc([C@]2(C)CCN(C(=O)OC(C)(C)C)C[C@@H]2C)c1.COC(=O)c1cccc([C@]2(C)CCNC[C@@H]2C)c1.C[C@H]1CN(C(=O)OC(C)(C)C)CC[C@@]1(C)c1cccc(O)c1.C[C@H]1CN(C(=O)OC(C)(C)C)CC[C@@]1(C)c1cccc(OS(=O)(=O)C(F)(F)F)c1.C[C@H]1CNCC[C@@]1(C)c1cccc(O)c1.C[Si](C)(C)CCOC(O)Oc1ccc([N+](=O)[O-])cc1.O=S(=O)(N(SOOC(F)(F)F)c1ccccc1)C(F)(F)F. The second kappa shape index (κ2) is 53.0. The highest BCUT2D eigenvalue weighted by Crippen LogP contribution is 2.47. The predicted molar refractivity (Wildman–Crippen MR) is 552 cm³/mol. The number of phenolic OH excluding ortho intramolecular Hbond substituents is 2. The number of para-hydroxylation sites is 1. The summed E-state index contributed by atoms with van der Waals surface area (Å²) in [5.74, 6) is 1.63. The van der Waals surface area contributed by atoms with Crippen LogP contribution in [-0.2, 0) is 84.9 Å². The number of carbonyl (C=O) groups is 5. The number of benzene rings is 7. The number of alkyl halides is 9. The van der Waals surface area contributed by atoms with Crippen molar-refractivity contribution in [2.24, 2.45) is 29.6 Å². The lowest BCUT2D eigenvalue weighted by Crippen LogP contribution is -2.50. The molecule has 0 saturated carbocycles. The Morgan fingerprint density at radius 3 is 1.17 bits per heavy atom. The number of rotatable bonds is 21. The van der Waals surface area contributed by atoms with Crippen molar-refractivity contribution in [3.8, 4) is 23.0 Å². The summed E-state index contributed by atoms with van der Waals surface area (Å²) in [5.41, 5.74) is -7.15. The van der Waals surface area contributed by atoms with Gasteiger partial charge in [0.2, 0.25) is 0 Å². The van der Waals surface area contributed by atoms with E-state index in [-0.39, 0.29) is 69.2 Å². The minimum absolute atomic E-state index is 0.0264. The number of anilines is 1. The molecule has 7 aromatic rings. The topological polar surface area (TPSA) is 387 Å². The molecule has 830 valence electrons. The fourth-order valence-corrected chi connectivity index (χ4v) is 19.6. The van der Waals surface area contributed by atoms with Crippen LogP contribution in [-0.4, -0.2) is 217 Å². The maximum Gasteiger partial charge on any atom is 0.550 e. The summed E-state index contributed by atoms with van der Waals surface area (Å²) in [4.78, 5) is 78.2. The number of phenols is 2. The Kier molecular flexibility index (Phi) is 45.2. The van der Waals surface area contributed by atoms with Gasteiger partial charge >= 0.3 is 74.2 Å². The number of esters is 2. The fourth-order valence-electron chi connectivity index (χ4n) is 16.9. The molecule has 5 aliphatic rings. The molecule has 12 rings (SSSR count). The van der Waals surface area contributed by atoms with Crippen LogP contribution >= 0.6 is 12.2 Å². The molecule has 0 bridgehead atoms. The zero-order valence-corrected chi connectivity index (χ0v) is 92.5. The Balaban J connectivity index is 0.000000267. The van der Waals surface area contributed by atoms with Crippen LogP contribution in [0.25, 0.3) is 0 Å². The summed E-state index contributed by atoms with van der Waals surface area (Å²) in [6, 6.07) is 48.2. The number of likely N-dealkylation sites (tertiary alicyclic amines) is 3. The summed E-state index contributed by atoms with van der Waals surface area (Å²) < 4.78 is 199. The van der Waals surface area contributed by atoms with Crippen molar-refractivity contribution in [3.05, 3.63) is 225 Å². The van der Waals surface area contributed by atoms with Crippen LogP contribution < -0.4 is 23.3 Å². The molecule has 44 heteroatoms. The molecule has 149 heavy (non-hydrogen) atoms. The molecule has 7 aromatic carbocycles. The molecular weight excluding hydrogens is 2040 g/mol. The second-order valence-electron chi connectivity index (χ2n) is 42.8. The number of methoxy groups -OCH3 is 2. The van der Waals surface area contributed by atoms with E-state index in [0.29, 0.717) is 98.1 Å². The van der Waals surface area contributed by atoms with Crippen molar-refractivity contribution in [2.75, 3.05) is 90.0 Å². The molecule has 1 unspecified atom stereocenters. The molecular formula is C105H146F9N7O24S3Si. The lowest BCUT2D eigenvalue weighted by Gasteiger charge is -2.45. The molecule has 31 nitrogen and oxygen atoms in total. The zero-order chi connectivity index (χ0) is 112. The van der Waals surface area contributed by atoms with Crippen LogP contribution in [0.3, 0.4) is 0 Å². The number of nitrogens with zero attached hydrogens (tertiary/aromatic N) is 5. The molecule has 5 fully saturated rings. The normalized spacial score (nSPS) is 22.5. The first-order chi connectivity index (χ1) is 68.7. The van der Waals surface area contributed by atoms with Gasteiger partial charge < -0.3 is 78.0 Å². The maximum absolute atomic E-state index is 12.6. The number of ether oxygens (including phenoxy) is 7. The van der Waals surface area contributed by atoms with Crippen molar-refractivity contribution in [1.29, 1.82) is 0 Å². The Morgan fingerprint density at radius 2 is 0.846 bits per heavy atom. The van der Waals surface area contributed by atoms with Crippen LogP contribution in [0.1, 0.15) is 212 Å². The van der Waals surface area contributed by atoms with Crippen molar-refractivity contribution < 1.29 is 147 Å². The number of aromatic hydroxyl groups is 2. The molecule has 0 radical (unpaired) electrons. The summed E-state index contributed by atoms with van der Waals surface area (Å²) >= 11 is -0.782. The molecule has 0 aliphatic carbocycles. The number of piperidine rings is 5. The smallest absolute Gasteiger partial charge is 0.508 e. The number of hydrogen-bond acceptors (Lipinski definition) is 27. The van der Waals surface area contributed by atoms with E-state index in [1.165, 1.54) is 79.9 Å². The second-order valence-corrected chi connectivity index (χ2v) is 52.6. The van der Waals surface area contributed by atoms with E-state index in [4.69, 9.17) is 33.2 Å². The average molecular weight is 2190 g/mol. The molecule has 5 aliphatic heterocycles. The quantitative estimate of drug-likeness (QED) is 0.00363. The number of nitro groups is 1. The number of nitrogens with one attached hydrogen (secondary N) is 2. The number of nitro benzene ring substituents is 1. The Bertz CT molecular complexity index is 5780. The third-order valence-electron chi connectivity index (χ3n) is 27.1. The van der Waals surface area contributed by atoms with Crippen LogP contribution in [0.4, 0.5) is 65.3 Å².